The maximum absolute atomic E-state index is 12.5. The molecule has 0 aliphatic carbocycles. The highest BCUT2D eigenvalue weighted by atomic mass is 35.5. The summed E-state index contributed by atoms with van der Waals surface area (Å²) in [6.45, 7) is 3.83. The van der Waals surface area contributed by atoms with Gasteiger partial charge in [-0.05, 0) is 37.6 Å². The van der Waals surface area contributed by atoms with Crippen LogP contribution in [0.1, 0.15) is 20.3 Å². The van der Waals surface area contributed by atoms with Crippen molar-refractivity contribution in [1.29, 1.82) is 0 Å². The summed E-state index contributed by atoms with van der Waals surface area (Å²) in [6, 6.07) is 5.96. The van der Waals surface area contributed by atoms with E-state index in [4.69, 9.17) is 39.5 Å². The van der Waals surface area contributed by atoms with Crippen molar-refractivity contribution in [3.05, 3.63) is 24.3 Å². The van der Waals surface area contributed by atoms with Crippen molar-refractivity contribution in [3.8, 4) is 5.75 Å². The first-order valence-electron chi connectivity index (χ1n) is 6.52. The minimum absolute atomic E-state index is 0.0346. The molecule has 1 atom stereocenters. The van der Waals surface area contributed by atoms with Crippen LogP contribution in [0.15, 0.2) is 24.3 Å². The molecule has 0 bridgehead atoms. The van der Waals surface area contributed by atoms with Crippen LogP contribution in [0.25, 0.3) is 0 Å². The van der Waals surface area contributed by atoms with Gasteiger partial charge in [-0.1, -0.05) is 30.1 Å². The Kier molecular flexibility index (Phi) is 4.61. The highest BCUT2D eigenvalue weighted by Crippen LogP contribution is 2.54. The summed E-state index contributed by atoms with van der Waals surface area (Å²) >= 11 is 18.0. The molecule has 0 spiro atoms. The lowest BCUT2D eigenvalue weighted by Gasteiger charge is -2.24. The van der Waals surface area contributed by atoms with E-state index in [1.54, 1.807) is 19.1 Å². The second-order valence-electron chi connectivity index (χ2n) is 4.67. The van der Waals surface area contributed by atoms with Crippen LogP contribution in [-0.2, 0) is 14.8 Å². The molecule has 1 unspecified atom stereocenters. The topological polar surface area (TPSA) is 63.7 Å². The summed E-state index contributed by atoms with van der Waals surface area (Å²) in [5.41, 5.74) is 0.107. The lowest BCUT2D eigenvalue weighted by Crippen LogP contribution is -2.43. The van der Waals surface area contributed by atoms with Gasteiger partial charge in [0.2, 0.25) is 0 Å². The predicted molar refractivity (Wildman–Crippen MR) is 87.3 cm³/mol. The van der Waals surface area contributed by atoms with Gasteiger partial charge in [0.25, 0.3) is 19.6 Å². The zero-order chi connectivity index (χ0) is 16.8. The van der Waals surface area contributed by atoms with Gasteiger partial charge in [-0.2, -0.15) is 0 Å². The number of rotatable bonds is 4. The minimum Gasteiger partial charge on any atom is -0.494 e. The molecule has 0 aromatic heterocycles. The molecule has 0 N–H and O–H groups in total. The van der Waals surface area contributed by atoms with Gasteiger partial charge in [-0.15, -0.1) is 11.6 Å². The summed E-state index contributed by atoms with van der Waals surface area (Å²) in [4.78, 5) is 10.6. The van der Waals surface area contributed by atoms with Crippen molar-refractivity contribution in [2.75, 3.05) is 10.9 Å². The number of alkyl halides is 3. The van der Waals surface area contributed by atoms with E-state index in [0.29, 0.717) is 16.7 Å². The standard InChI is InChI=1S/C13H14Cl3NO4S/c1-3-12(14)11(18)17(22(19,20)13(12,15)16)9-5-7-10(8-6-9)21-4-2/h5-8H,3-4H2,1-2H3. The largest absolute Gasteiger partial charge is 0.494 e. The number of nitrogens with zero attached hydrogens (tertiary/aromatic N) is 1. The number of carbonyl (C=O) groups excluding carboxylic acids is 1. The molecule has 1 saturated heterocycles. The van der Waals surface area contributed by atoms with Crippen LogP contribution in [0, 0.1) is 0 Å². The van der Waals surface area contributed by atoms with Crippen LogP contribution in [-0.4, -0.2) is 29.5 Å². The minimum atomic E-state index is -4.37. The Hall–Kier alpha value is -0.690. The first-order chi connectivity index (χ1) is 10.1. The molecular formula is C13H14Cl3NO4S. The Morgan fingerprint density at radius 2 is 1.68 bits per heavy atom. The fourth-order valence-electron chi connectivity index (χ4n) is 2.17. The number of anilines is 1. The van der Waals surface area contributed by atoms with Gasteiger partial charge in [0.15, 0.2) is 4.87 Å². The summed E-state index contributed by atoms with van der Waals surface area (Å²) in [7, 11) is -4.37. The maximum atomic E-state index is 12.5. The van der Waals surface area contributed by atoms with Gasteiger partial charge in [0, 0.05) is 0 Å². The van der Waals surface area contributed by atoms with E-state index < -0.39 is 24.5 Å². The number of benzene rings is 1. The zero-order valence-electron chi connectivity index (χ0n) is 11.8. The van der Waals surface area contributed by atoms with Crippen molar-refractivity contribution in [2.24, 2.45) is 0 Å². The zero-order valence-corrected chi connectivity index (χ0v) is 14.9. The normalized spacial score (nSPS) is 26.2. The number of sulfonamides is 1. The van der Waals surface area contributed by atoms with Gasteiger partial charge in [0.05, 0.1) is 12.3 Å². The van der Waals surface area contributed by atoms with Crippen molar-refractivity contribution >= 4 is 56.4 Å². The van der Waals surface area contributed by atoms with E-state index in [0.717, 1.165) is 0 Å². The van der Waals surface area contributed by atoms with E-state index in [1.807, 2.05) is 6.92 Å². The molecule has 1 aliphatic heterocycles. The molecule has 1 fully saturated rings. The summed E-state index contributed by atoms with van der Waals surface area (Å²) < 4.78 is 28.5. The third-order valence-corrected chi connectivity index (χ3v) is 8.11. The molecule has 122 valence electrons. The average Bonchev–Trinajstić information content (AvgIpc) is 2.57. The Labute approximate surface area is 144 Å². The van der Waals surface area contributed by atoms with Crippen molar-refractivity contribution in [2.45, 2.75) is 28.8 Å². The smallest absolute Gasteiger partial charge is 0.278 e. The van der Waals surface area contributed by atoms with Crippen molar-refractivity contribution in [1.82, 2.24) is 0 Å². The molecule has 1 amide bonds. The SMILES string of the molecule is CCOc1ccc(N2C(=O)C(Cl)(CC)C(Cl)(Cl)S2(=O)=O)cc1. The molecular weight excluding hydrogens is 373 g/mol. The maximum Gasteiger partial charge on any atom is 0.278 e. The third kappa shape index (κ3) is 2.28. The monoisotopic (exact) mass is 385 g/mol. The average molecular weight is 387 g/mol. The van der Waals surface area contributed by atoms with Crippen molar-refractivity contribution < 1.29 is 17.9 Å². The predicted octanol–water partition coefficient (Wildman–Crippen LogP) is 3.28. The van der Waals surface area contributed by atoms with E-state index in [-0.39, 0.29) is 12.1 Å². The quantitative estimate of drug-likeness (QED) is 0.745. The molecule has 0 radical (unpaired) electrons. The molecule has 9 heteroatoms. The molecule has 0 saturated carbocycles. The number of ether oxygens (including phenoxy) is 1. The highest BCUT2D eigenvalue weighted by molar-refractivity contribution is 7.98. The molecule has 1 aromatic rings. The van der Waals surface area contributed by atoms with Crippen LogP contribution < -0.4 is 9.04 Å². The fourth-order valence-corrected chi connectivity index (χ4v) is 5.08. The number of amides is 1. The van der Waals surface area contributed by atoms with Crippen molar-refractivity contribution in [3.63, 3.8) is 0 Å². The van der Waals surface area contributed by atoms with Gasteiger partial charge in [0.1, 0.15) is 5.75 Å². The fraction of sp³-hybridized carbons (Fsp3) is 0.462. The van der Waals surface area contributed by atoms with Crippen LogP contribution in [0.5, 0.6) is 5.75 Å². The molecule has 2 rings (SSSR count). The molecule has 5 nitrogen and oxygen atoms in total. The van der Waals surface area contributed by atoms with Crippen LogP contribution in [0.3, 0.4) is 0 Å². The third-order valence-electron chi connectivity index (χ3n) is 3.42. The molecule has 1 aromatic carbocycles. The molecule has 1 aliphatic rings. The van der Waals surface area contributed by atoms with Gasteiger partial charge >= 0.3 is 0 Å². The van der Waals surface area contributed by atoms with Crippen LogP contribution in [0.4, 0.5) is 5.69 Å². The number of hydrogen-bond acceptors (Lipinski definition) is 4. The Morgan fingerprint density at radius 1 is 1.14 bits per heavy atom. The lowest BCUT2D eigenvalue weighted by atomic mass is 10.1. The Bertz CT molecular complexity index is 690. The second kappa shape index (κ2) is 5.74. The van der Waals surface area contributed by atoms with E-state index in [1.165, 1.54) is 12.1 Å². The van der Waals surface area contributed by atoms with Crippen LogP contribution >= 0.6 is 34.8 Å². The highest BCUT2D eigenvalue weighted by Gasteiger charge is 2.71. The van der Waals surface area contributed by atoms with Crippen LogP contribution in [0.2, 0.25) is 0 Å². The summed E-state index contributed by atoms with van der Waals surface area (Å²) in [6.07, 6.45) is -0.0346. The summed E-state index contributed by atoms with van der Waals surface area (Å²) in [5, 5.41) is 0. The second-order valence-corrected chi connectivity index (χ2v) is 9.02. The Morgan fingerprint density at radius 3 is 2.09 bits per heavy atom. The first-order valence-corrected chi connectivity index (χ1v) is 9.09. The van der Waals surface area contributed by atoms with E-state index >= 15 is 0 Å². The van der Waals surface area contributed by atoms with Gasteiger partial charge < -0.3 is 4.74 Å². The lowest BCUT2D eigenvalue weighted by molar-refractivity contribution is -0.119. The number of halogens is 3. The number of hydrogen-bond donors (Lipinski definition) is 0. The van der Waals surface area contributed by atoms with E-state index in [9.17, 15) is 13.2 Å². The van der Waals surface area contributed by atoms with E-state index in [2.05, 4.69) is 0 Å². The number of carbonyl (C=O) groups is 1. The first kappa shape index (κ1) is 17.7. The van der Waals surface area contributed by atoms with Gasteiger partial charge in [-0.3, -0.25) is 4.79 Å². The molecule has 1 heterocycles. The summed E-state index contributed by atoms with van der Waals surface area (Å²) in [5.74, 6) is -0.322. The van der Waals surface area contributed by atoms with Gasteiger partial charge in [-0.25, -0.2) is 12.7 Å². The Balaban J connectivity index is 2.54. The molecule has 22 heavy (non-hydrogen) atoms.